The maximum atomic E-state index is 13.5. The van der Waals surface area contributed by atoms with Gasteiger partial charge in [0.15, 0.2) is 0 Å². The van der Waals surface area contributed by atoms with Gasteiger partial charge in [0, 0.05) is 23.6 Å². The molecule has 2 rings (SSSR count). The van der Waals surface area contributed by atoms with E-state index in [0.717, 1.165) is 20.6 Å². The fourth-order valence-electron chi connectivity index (χ4n) is 3.28. The van der Waals surface area contributed by atoms with Crippen LogP contribution in [0.5, 0.6) is 11.5 Å². The standard InChI is InChI=1S/C23H30BrN3O6S/c1-6-25-23(29)16(2)26(14-17-7-9-18(24)10-8-17)22(28)15-27(34(5,30)31)20-13-19(32-3)11-12-21(20)33-4/h7-13,16H,6,14-15H2,1-5H3,(H,25,29)/t16-/m1/s1. The molecule has 2 amide bonds. The molecule has 1 N–H and O–H groups in total. The van der Waals surface area contributed by atoms with Gasteiger partial charge in [0.2, 0.25) is 21.8 Å². The number of likely N-dealkylation sites (N-methyl/N-ethyl adjacent to an activating group) is 1. The van der Waals surface area contributed by atoms with E-state index in [1.54, 1.807) is 26.0 Å². The Morgan fingerprint density at radius 3 is 2.26 bits per heavy atom. The summed E-state index contributed by atoms with van der Waals surface area (Å²) in [6, 6.07) is 11.2. The molecule has 2 aromatic carbocycles. The molecular formula is C23H30BrN3O6S. The van der Waals surface area contributed by atoms with Crippen molar-refractivity contribution < 1.29 is 27.5 Å². The number of benzene rings is 2. The van der Waals surface area contributed by atoms with E-state index >= 15 is 0 Å². The number of nitrogens with zero attached hydrogens (tertiary/aromatic N) is 2. The van der Waals surface area contributed by atoms with Crippen LogP contribution in [0.1, 0.15) is 19.4 Å². The third kappa shape index (κ3) is 7.10. The molecule has 1 atom stereocenters. The van der Waals surface area contributed by atoms with Crippen molar-refractivity contribution in [3.63, 3.8) is 0 Å². The number of carbonyl (C=O) groups is 2. The molecule has 0 heterocycles. The first-order chi connectivity index (χ1) is 16.0. The van der Waals surface area contributed by atoms with Crippen molar-refractivity contribution in [2.24, 2.45) is 0 Å². The highest BCUT2D eigenvalue weighted by molar-refractivity contribution is 9.10. The molecule has 0 saturated heterocycles. The number of hydrogen-bond donors (Lipinski definition) is 1. The number of carbonyl (C=O) groups excluding carboxylic acids is 2. The number of nitrogens with one attached hydrogen (secondary N) is 1. The molecule has 0 radical (unpaired) electrons. The summed E-state index contributed by atoms with van der Waals surface area (Å²) in [7, 11) is -1.03. The number of amides is 2. The SMILES string of the molecule is CCNC(=O)[C@@H](C)N(Cc1ccc(Br)cc1)C(=O)CN(c1cc(OC)ccc1OC)S(C)(=O)=O. The van der Waals surface area contributed by atoms with Crippen LogP contribution in [0.2, 0.25) is 0 Å². The average Bonchev–Trinajstić information content (AvgIpc) is 2.80. The van der Waals surface area contributed by atoms with E-state index in [9.17, 15) is 18.0 Å². The number of rotatable bonds is 11. The summed E-state index contributed by atoms with van der Waals surface area (Å²) in [5, 5.41) is 2.72. The minimum atomic E-state index is -3.90. The van der Waals surface area contributed by atoms with Crippen molar-refractivity contribution in [2.75, 3.05) is 37.9 Å². The topological polar surface area (TPSA) is 105 Å². The maximum Gasteiger partial charge on any atom is 0.244 e. The third-order valence-electron chi connectivity index (χ3n) is 5.12. The van der Waals surface area contributed by atoms with E-state index in [1.807, 2.05) is 24.3 Å². The van der Waals surface area contributed by atoms with Gasteiger partial charge in [0.1, 0.15) is 24.1 Å². The van der Waals surface area contributed by atoms with Gasteiger partial charge in [-0.2, -0.15) is 0 Å². The molecule has 0 aliphatic heterocycles. The second kappa shape index (κ2) is 12.1. The van der Waals surface area contributed by atoms with Crippen LogP contribution in [0.4, 0.5) is 5.69 Å². The first-order valence-electron chi connectivity index (χ1n) is 10.5. The lowest BCUT2D eigenvalue weighted by molar-refractivity contribution is -0.139. The highest BCUT2D eigenvalue weighted by Crippen LogP contribution is 2.34. The quantitative estimate of drug-likeness (QED) is 0.457. The number of methoxy groups -OCH3 is 2. The molecule has 0 aromatic heterocycles. The smallest absolute Gasteiger partial charge is 0.244 e. The Balaban J connectivity index is 2.47. The molecule has 0 saturated carbocycles. The van der Waals surface area contributed by atoms with Crippen LogP contribution in [-0.2, 0) is 26.2 Å². The maximum absolute atomic E-state index is 13.5. The molecule has 0 fully saturated rings. The van der Waals surface area contributed by atoms with Gasteiger partial charge in [0.05, 0.1) is 26.2 Å². The number of hydrogen-bond acceptors (Lipinski definition) is 6. The summed E-state index contributed by atoms with van der Waals surface area (Å²) in [4.78, 5) is 27.5. The first-order valence-corrected chi connectivity index (χ1v) is 13.2. The second-order valence-corrected chi connectivity index (χ2v) is 10.3. The number of ether oxygens (including phenoxy) is 2. The van der Waals surface area contributed by atoms with Crippen molar-refractivity contribution in [3.05, 3.63) is 52.5 Å². The van der Waals surface area contributed by atoms with Gasteiger partial charge in [-0.05, 0) is 43.7 Å². The van der Waals surface area contributed by atoms with E-state index in [0.29, 0.717) is 12.3 Å². The van der Waals surface area contributed by atoms with Crippen LogP contribution in [0.3, 0.4) is 0 Å². The van der Waals surface area contributed by atoms with Crippen molar-refractivity contribution in [2.45, 2.75) is 26.4 Å². The third-order valence-corrected chi connectivity index (χ3v) is 6.77. The molecule has 0 bridgehead atoms. The largest absolute Gasteiger partial charge is 0.497 e. The zero-order valence-electron chi connectivity index (χ0n) is 19.9. The Morgan fingerprint density at radius 1 is 1.09 bits per heavy atom. The number of anilines is 1. The molecular weight excluding hydrogens is 526 g/mol. The zero-order chi connectivity index (χ0) is 25.5. The average molecular weight is 556 g/mol. The van der Waals surface area contributed by atoms with E-state index in [2.05, 4.69) is 21.2 Å². The van der Waals surface area contributed by atoms with E-state index in [1.165, 1.54) is 25.2 Å². The van der Waals surface area contributed by atoms with E-state index in [4.69, 9.17) is 9.47 Å². The normalized spacial score (nSPS) is 11.9. The lowest BCUT2D eigenvalue weighted by Gasteiger charge is -2.31. The van der Waals surface area contributed by atoms with Gasteiger partial charge in [0.25, 0.3) is 0 Å². The van der Waals surface area contributed by atoms with Crippen molar-refractivity contribution in [3.8, 4) is 11.5 Å². The molecule has 11 heteroatoms. The van der Waals surface area contributed by atoms with E-state index < -0.39 is 28.5 Å². The summed E-state index contributed by atoms with van der Waals surface area (Å²) in [5.74, 6) is -0.218. The van der Waals surface area contributed by atoms with Gasteiger partial charge in [-0.25, -0.2) is 8.42 Å². The fraction of sp³-hybridized carbons (Fsp3) is 0.391. The van der Waals surface area contributed by atoms with Gasteiger partial charge >= 0.3 is 0 Å². The summed E-state index contributed by atoms with van der Waals surface area (Å²) in [6.45, 7) is 3.39. The molecule has 0 aliphatic carbocycles. The molecule has 0 unspecified atom stereocenters. The Hall–Kier alpha value is -2.79. The van der Waals surface area contributed by atoms with Crippen LogP contribution in [0.15, 0.2) is 46.9 Å². The lowest BCUT2D eigenvalue weighted by Crippen LogP contribution is -2.51. The Bertz CT molecular complexity index is 1110. The first kappa shape index (κ1) is 27.5. The minimum Gasteiger partial charge on any atom is -0.497 e. The number of sulfonamides is 1. The van der Waals surface area contributed by atoms with Crippen LogP contribution in [0.25, 0.3) is 0 Å². The lowest BCUT2D eigenvalue weighted by atomic mass is 10.1. The molecule has 186 valence electrons. The van der Waals surface area contributed by atoms with Crippen LogP contribution in [0, 0.1) is 0 Å². The molecule has 2 aromatic rings. The van der Waals surface area contributed by atoms with Gasteiger partial charge in [-0.15, -0.1) is 0 Å². The fourth-order valence-corrected chi connectivity index (χ4v) is 4.39. The summed E-state index contributed by atoms with van der Waals surface area (Å²) >= 11 is 3.38. The van der Waals surface area contributed by atoms with Crippen molar-refractivity contribution in [1.82, 2.24) is 10.2 Å². The van der Waals surface area contributed by atoms with Gasteiger partial charge in [-0.1, -0.05) is 28.1 Å². The van der Waals surface area contributed by atoms with Crippen molar-refractivity contribution >= 4 is 43.5 Å². The Kier molecular flexibility index (Phi) is 9.75. The van der Waals surface area contributed by atoms with Crippen molar-refractivity contribution in [1.29, 1.82) is 0 Å². The predicted molar refractivity (Wildman–Crippen MR) is 135 cm³/mol. The number of halogens is 1. The Labute approximate surface area is 209 Å². The molecule has 9 nitrogen and oxygen atoms in total. The highest BCUT2D eigenvalue weighted by atomic mass is 79.9. The zero-order valence-corrected chi connectivity index (χ0v) is 22.3. The van der Waals surface area contributed by atoms with E-state index in [-0.39, 0.29) is 23.9 Å². The van der Waals surface area contributed by atoms with Gasteiger partial charge < -0.3 is 19.7 Å². The van der Waals surface area contributed by atoms with Crippen LogP contribution < -0.4 is 19.1 Å². The predicted octanol–water partition coefficient (Wildman–Crippen LogP) is 2.79. The summed E-state index contributed by atoms with van der Waals surface area (Å²) < 4.78 is 37.9. The molecule has 0 spiro atoms. The van der Waals surface area contributed by atoms with Gasteiger partial charge in [-0.3, -0.25) is 13.9 Å². The summed E-state index contributed by atoms with van der Waals surface area (Å²) in [5.41, 5.74) is 0.949. The van der Waals surface area contributed by atoms with Crippen LogP contribution >= 0.6 is 15.9 Å². The Morgan fingerprint density at radius 2 is 1.74 bits per heavy atom. The summed E-state index contributed by atoms with van der Waals surface area (Å²) in [6.07, 6.45) is 1.01. The monoisotopic (exact) mass is 555 g/mol. The minimum absolute atomic E-state index is 0.122. The second-order valence-electron chi connectivity index (χ2n) is 7.53. The molecule has 34 heavy (non-hydrogen) atoms. The highest BCUT2D eigenvalue weighted by Gasteiger charge is 2.31. The molecule has 0 aliphatic rings. The van der Waals surface area contributed by atoms with Crippen LogP contribution in [-0.4, -0.2) is 64.7 Å².